The Kier molecular flexibility index (Phi) is 7.02. The fourth-order valence-electron chi connectivity index (χ4n) is 3.58. The first-order chi connectivity index (χ1) is 16.3. The topological polar surface area (TPSA) is 100 Å². The maximum absolute atomic E-state index is 13.5. The summed E-state index contributed by atoms with van der Waals surface area (Å²) in [6.07, 6.45) is 0.00690. The number of primary amides is 1. The van der Waals surface area contributed by atoms with Gasteiger partial charge in [0.1, 0.15) is 22.4 Å². The van der Waals surface area contributed by atoms with E-state index in [1.54, 1.807) is 49.4 Å². The van der Waals surface area contributed by atoms with Crippen molar-refractivity contribution in [1.82, 2.24) is 14.8 Å². The molecule has 10 heteroatoms. The van der Waals surface area contributed by atoms with E-state index in [2.05, 4.69) is 10.2 Å². The molecule has 2 heterocycles. The van der Waals surface area contributed by atoms with E-state index in [0.717, 1.165) is 11.3 Å². The molecule has 174 valence electrons. The lowest BCUT2D eigenvalue weighted by Crippen LogP contribution is -2.17. The van der Waals surface area contributed by atoms with Crippen LogP contribution in [0.4, 0.5) is 4.79 Å². The first-order valence-corrected chi connectivity index (χ1v) is 11.9. The second-order valence-corrected chi connectivity index (χ2v) is 9.34. The summed E-state index contributed by atoms with van der Waals surface area (Å²) < 4.78 is 6.96. The second-order valence-electron chi connectivity index (χ2n) is 7.41. The average Bonchev–Trinajstić information content (AvgIpc) is 3.38. The number of ketones is 1. The summed E-state index contributed by atoms with van der Waals surface area (Å²) in [6.45, 7) is 3.83. The Bertz CT molecular complexity index is 1400. The number of hydrogen-bond acceptors (Lipinski definition) is 6. The smallest absolute Gasteiger partial charge is 0.409 e. The van der Waals surface area contributed by atoms with E-state index in [1.807, 2.05) is 17.6 Å². The Morgan fingerprint density at radius 3 is 2.50 bits per heavy atom. The van der Waals surface area contributed by atoms with Gasteiger partial charge in [-0.1, -0.05) is 48.3 Å². The lowest BCUT2D eigenvalue weighted by molar-refractivity contribution is 0.103. The molecule has 34 heavy (non-hydrogen) atoms. The van der Waals surface area contributed by atoms with Crippen molar-refractivity contribution in [3.63, 3.8) is 0 Å². The third-order valence-electron chi connectivity index (χ3n) is 5.19. The molecule has 2 aromatic carbocycles. The molecule has 0 atom stereocenters. The van der Waals surface area contributed by atoms with Crippen molar-refractivity contribution in [3.8, 4) is 10.8 Å². The molecule has 0 aliphatic heterocycles. The number of ether oxygens (including phenoxy) is 1. The number of nitrogens with two attached hydrogens (primary N) is 1. The van der Waals surface area contributed by atoms with Crippen LogP contribution in [-0.2, 0) is 12.8 Å². The van der Waals surface area contributed by atoms with Gasteiger partial charge in [0.15, 0.2) is 5.78 Å². The number of rotatable bonds is 7. The van der Waals surface area contributed by atoms with Gasteiger partial charge < -0.3 is 10.5 Å². The zero-order valence-corrected chi connectivity index (χ0v) is 20.7. The molecular weight excluding hydrogens is 495 g/mol. The first kappa shape index (κ1) is 23.9. The Morgan fingerprint density at radius 1 is 1.06 bits per heavy atom. The Morgan fingerprint density at radius 2 is 1.79 bits per heavy atom. The number of halogens is 2. The Labute approximate surface area is 210 Å². The summed E-state index contributed by atoms with van der Waals surface area (Å²) >= 11 is 14.2. The molecule has 0 aliphatic rings. The van der Waals surface area contributed by atoms with E-state index in [4.69, 9.17) is 33.7 Å². The summed E-state index contributed by atoms with van der Waals surface area (Å²) in [7, 11) is 0. The van der Waals surface area contributed by atoms with Gasteiger partial charge >= 0.3 is 6.09 Å². The van der Waals surface area contributed by atoms with Gasteiger partial charge in [-0.15, -0.1) is 21.5 Å². The number of aromatic nitrogens is 3. The SMILES string of the molecule is CCc1cc(C(=O)c2ccccc2Cl)c(-n2c(C)nnc2Cc2c(Cl)cccc2OC(N)=O)s1. The zero-order chi connectivity index (χ0) is 24.4. The summed E-state index contributed by atoms with van der Waals surface area (Å²) in [5.74, 6) is 1.17. The first-order valence-electron chi connectivity index (χ1n) is 10.4. The third kappa shape index (κ3) is 4.70. The lowest BCUT2D eigenvalue weighted by Gasteiger charge is -2.13. The van der Waals surface area contributed by atoms with Gasteiger partial charge in [0.25, 0.3) is 0 Å². The molecule has 0 radical (unpaired) electrons. The van der Waals surface area contributed by atoms with Crippen LogP contribution in [0.2, 0.25) is 10.0 Å². The van der Waals surface area contributed by atoms with E-state index in [1.165, 1.54) is 11.3 Å². The Balaban J connectivity index is 1.83. The van der Waals surface area contributed by atoms with Crippen LogP contribution in [0, 0.1) is 6.92 Å². The highest BCUT2D eigenvalue weighted by Gasteiger charge is 2.25. The van der Waals surface area contributed by atoms with E-state index in [0.29, 0.717) is 43.4 Å². The summed E-state index contributed by atoms with van der Waals surface area (Å²) in [5.41, 5.74) is 6.67. The van der Waals surface area contributed by atoms with Gasteiger partial charge in [-0.05, 0) is 43.7 Å². The monoisotopic (exact) mass is 514 g/mol. The molecule has 4 rings (SSSR count). The predicted octanol–water partition coefficient (Wildman–Crippen LogP) is 5.79. The van der Waals surface area contributed by atoms with Crippen LogP contribution in [0.1, 0.15) is 44.9 Å². The van der Waals surface area contributed by atoms with Crippen LogP contribution in [0.25, 0.3) is 5.00 Å². The fraction of sp³-hybridized carbons (Fsp3) is 0.167. The molecule has 4 aromatic rings. The van der Waals surface area contributed by atoms with E-state index < -0.39 is 6.09 Å². The van der Waals surface area contributed by atoms with Gasteiger partial charge in [0, 0.05) is 27.4 Å². The minimum atomic E-state index is -0.945. The van der Waals surface area contributed by atoms with Gasteiger partial charge in [-0.3, -0.25) is 9.36 Å². The number of nitrogens with zero attached hydrogens (tertiary/aromatic N) is 3. The van der Waals surface area contributed by atoms with Gasteiger partial charge in [0.05, 0.1) is 10.6 Å². The summed E-state index contributed by atoms with van der Waals surface area (Å²) in [6, 6.07) is 13.8. The van der Waals surface area contributed by atoms with Crippen molar-refractivity contribution in [1.29, 1.82) is 0 Å². The van der Waals surface area contributed by atoms with Crippen LogP contribution in [0.15, 0.2) is 48.5 Å². The molecule has 2 N–H and O–H groups in total. The summed E-state index contributed by atoms with van der Waals surface area (Å²) in [5, 5.41) is 10.0. The minimum Gasteiger partial charge on any atom is -0.410 e. The van der Waals surface area contributed by atoms with E-state index in [-0.39, 0.29) is 18.0 Å². The van der Waals surface area contributed by atoms with Crippen LogP contribution < -0.4 is 10.5 Å². The maximum Gasteiger partial charge on any atom is 0.409 e. The maximum atomic E-state index is 13.5. The number of benzene rings is 2. The highest BCUT2D eigenvalue weighted by molar-refractivity contribution is 7.15. The standard InChI is InChI=1S/C24H20Cl2N4O3S/c1-3-14-11-17(22(31)15-7-4-5-8-18(15)25)23(34-14)30-13(2)28-29-21(30)12-16-19(26)9-6-10-20(16)33-24(27)32/h4-11H,3,12H2,1-2H3,(H2,27,32). The molecule has 0 bridgehead atoms. The minimum absolute atomic E-state index is 0.189. The number of hydrogen-bond donors (Lipinski definition) is 1. The molecule has 0 spiro atoms. The highest BCUT2D eigenvalue weighted by atomic mass is 35.5. The molecule has 2 aromatic heterocycles. The molecule has 7 nitrogen and oxygen atoms in total. The fourth-order valence-corrected chi connectivity index (χ4v) is 5.20. The number of carbonyl (C=O) groups excluding carboxylic acids is 2. The third-order valence-corrected chi connectivity index (χ3v) is 7.14. The number of carbonyl (C=O) groups is 2. The van der Waals surface area contributed by atoms with E-state index in [9.17, 15) is 9.59 Å². The number of thiophene rings is 1. The molecule has 0 saturated heterocycles. The van der Waals surface area contributed by atoms with Gasteiger partial charge in [0.2, 0.25) is 0 Å². The molecular formula is C24H20Cl2N4O3S. The Hall–Kier alpha value is -3.20. The normalized spacial score (nSPS) is 10.9. The van der Waals surface area contributed by atoms with Crippen molar-refractivity contribution in [2.24, 2.45) is 5.73 Å². The van der Waals surface area contributed by atoms with Gasteiger partial charge in [-0.25, -0.2) is 4.79 Å². The quantitative estimate of drug-likeness (QED) is 0.314. The zero-order valence-electron chi connectivity index (χ0n) is 18.3. The van der Waals surface area contributed by atoms with Crippen molar-refractivity contribution in [3.05, 3.63) is 91.8 Å². The average molecular weight is 515 g/mol. The molecule has 0 unspecified atom stereocenters. The number of amides is 1. The van der Waals surface area contributed by atoms with Crippen LogP contribution in [-0.4, -0.2) is 26.6 Å². The van der Waals surface area contributed by atoms with Gasteiger partial charge in [-0.2, -0.15) is 0 Å². The number of aryl methyl sites for hydroxylation is 2. The second kappa shape index (κ2) is 9.97. The van der Waals surface area contributed by atoms with Crippen molar-refractivity contribution in [2.45, 2.75) is 26.7 Å². The van der Waals surface area contributed by atoms with Crippen LogP contribution in [0.5, 0.6) is 5.75 Å². The lowest BCUT2D eigenvalue weighted by atomic mass is 10.0. The van der Waals surface area contributed by atoms with Crippen LogP contribution in [0.3, 0.4) is 0 Å². The molecule has 0 saturated carbocycles. The predicted molar refractivity (Wildman–Crippen MR) is 133 cm³/mol. The van der Waals surface area contributed by atoms with E-state index >= 15 is 0 Å². The summed E-state index contributed by atoms with van der Waals surface area (Å²) in [4.78, 5) is 25.9. The molecule has 1 amide bonds. The highest BCUT2D eigenvalue weighted by Crippen LogP contribution is 2.34. The van der Waals surface area contributed by atoms with Crippen molar-refractivity contribution >= 4 is 46.4 Å². The molecule has 0 fully saturated rings. The largest absolute Gasteiger partial charge is 0.410 e. The van der Waals surface area contributed by atoms with Crippen molar-refractivity contribution < 1.29 is 14.3 Å². The van der Waals surface area contributed by atoms with Crippen LogP contribution >= 0.6 is 34.5 Å². The molecule has 0 aliphatic carbocycles. The van der Waals surface area contributed by atoms with Crippen molar-refractivity contribution in [2.75, 3.05) is 0 Å².